The van der Waals surface area contributed by atoms with Gasteiger partial charge in [-0.25, -0.2) is 0 Å². The molecule has 0 unspecified atom stereocenters. The molecule has 0 fully saturated rings. The van der Waals surface area contributed by atoms with Gasteiger partial charge in [0, 0.05) is 54.5 Å². The second-order valence-corrected chi connectivity index (χ2v) is 32.7. The molecule has 7 nitrogen and oxygen atoms in total. The van der Waals surface area contributed by atoms with Crippen molar-refractivity contribution in [3.63, 3.8) is 0 Å². The molecule has 0 aromatic heterocycles. The lowest BCUT2D eigenvalue weighted by Crippen LogP contribution is -2.18. The average molecular weight is 1250 g/mol. The topological polar surface area (TPSA) is 75.6 Å². The number of aromatic hydroxyl groups is 1. The number of rotatable bonds is 9. The highest BCUT2D eigenvalue weighted by molar-refractivity contribution is 7.98. The second-order valence-electron chi connectivity index (χ2n) is 31.9. The summed E-state index contributed by atoms with van der Waals surface area (Å²) in [4.78, 5) is 1.01. The molecule has 2 aliphatic heterocycles. The maximum absolute atomic E-state index is 12.0. The minimum Gasteiger partial charge on any atom is -0.508 e. The number of phenolic OH excluding ortho intramolecular Hbond substituents is 1. The summed E-state index contributed by atoms with van der Waals surface area (Å²) in [6, 6.07) is 32.5. The Morgan fingerprint density at radius 1 is 0.308 bits per heavy atom. The van der Waals surface area contributed by atoms with Gasteiger partial charge in [-0.1, -0.05) is 197 Å². The van der Waals surface area contributed by atoms with Crippen LogP contribution in [0, 0.1) is 0 Å². The average Bonchev–Trinajstić information content (AvgIpc) is 0.874. The molecule has 0 aliphatic carbocycles. The van der Waals surface area contributed by atoms with E-state index in [1.807, 2.05) is 12.1 Å². The molecule has 9 rings (SSSR count). The number of phenols is 1. The van der Waals surface area contributed by atoms with E-state index in [1.54, 1.807) is 11.8 Å². The molecule has 91 heavy (non-hydrogen) atoms. The summed E-state index contributed by atoms with van der Waals surface area (Å²) < 4.78 is 43.6. The van der Waals surface area contributed by atoms with Crippen LogP contribution in [0.4, 0.5) is 0 Å². The van der Waals surface area contributed by atoms with E-state index >= 15 is 0 Å². The van der Waals surface area contributed by atoms with Crippen molar-refractivity contribution < 1.29 is 33.5 Å². The first-order valence-electron chi connectivity index (χ1n) is 33.7. The molecule has 1 N–H and O–H groups in total. The van der Waals surface area contributed by atoms with Crippen LogP contribution in [0.15, 0.2) is 89.8 Å². The first-order chi connectivity index (χ1) is 42.5. The van der Waals surface area contributed by atoms with Crippen LogP contribution < -0.4 is 28.4 Å². The molecule has 7 aromatic rings. The van der Waals surface area contributed by atoms with Crippen LogP contribution in [0.25, 0.3) is 0 Å². The minimum atomic E-state index is -0.240. The predicted molar refractivity (Wildman–Crippen MR) is 381 cm³/mol. The fourth-order valence-electron chi connectivity index (χ4n) is 13.1. The Hall–Kier alpha value is -6.51. The van der Waals surface area contributed by atoms with Crippen LogP contribution in [0.1, 0.15) is 264 Å². The quantitative estimate of drug-likeness (QED) is 0.143. The zero-order chi connectivity index (χ0) is 66.5. The summed E-state index contributed by atoms with van der Waals surface area (Å²) in [6.45, 7) is 52.4. The van der Waals surface area contributed by atoms with Crippen molar-refractivity contribution in [3.8, 4) is 40.2 Å². The van der Waals surface area contributed by atoms with Crippen LogP contribution in [-0.2, 0) is 84.2 Å². The lowest BCUT2D eigenvalue weighted by atomic mass is 9.79. The Kier molecular flexibility index (Phi) is 20.0. The van der Waals surface area contributed by atoms with E-state index in [2.05, 4.69) is 231 Å². The molecule has 0 amide bonds. The maximum Gasteiger partial charge on any atom is 0.126 e. The molecular weight excluding hydrogens is 1140 g/mol. The molecule has 0 saturated heterocycles. The summed E-state index contributed by atoms with van der Waals surface area (Å²) in [5.41, 5.74) is 20.9. The molecule has 0 atom stereocenters. The highest BCUT2D eigenvalue weighted by atomic mass is 32.2. The molecule has 488 valence electrons. The molecular formula is C83H108O7S. The third-order valence-electron chi connectivity index (χ3n) is 18.3. The standard InChI is InChI=1S/C83H108O7S/c1-24-85-71-50-28-51-35-65(79(8,9)10)39-55(72(51)86-25-2)31-60-44-69(83(20,21)22)45-61-33-57-41-67(81(14,15)16)37-53(74(57)88-27-4)29-52-36-66(80(11,12)13)40-56(73(52)87-26-3)32-59-43-68(82(17,18)19)42-58(30-54(71)38-64(34-50)78(5,6)7)75(59)89-48-62-46-70(84)47-63(77(62)91-23)49-90-76(60)61/h34-47,84H,24-33,48-49H2,1-23H3. The Morgan fingerprint density at radius 2 is 0.495 bits per heavy atom. The summed E-state index contributed by atoms with van der Waals surface area (Å²) in [5, 5.41) is 12.0. The first-order valence-corrected chi connectivity index (χ1v) is 34.9. The molecule has 8 heteroatoms. The molecule has 12 bridgehead atoms. The Balaban J connectivity index is 1.54. The predicted octanol–water partition coefficient (Wildman–Crippen LogP) is 20.8. The molecule has 2 aliphatic rings. The van der Waals surface area contributed by atoms with Gasteiger partial charge < -0.3 is 33.5 Å². The smallest absolute Gasteiger partial charge is 0.126 e. The number of benzene rings is 7. The normalized spacial score (nSPS) is 14.2. The Morgan fingerprint density at radius 3 is 0.670 bits per heavy atom. The summed E-state index contributed by atoms with van der Waals surface area (Å²) in [5.74, 6) is 5.36. The fourth-order valence-corrected chi connectivity index (χ4v) is 13.9. The van der Waals surface area contributed by atoms with Crippen molar-refractivity contribution in [1.29, 1.82) is 0 Å². The molecule has 0 spiro atoms. The van der Waals surface area contributed by atoms with Crippen molar-refractivity contribution in [2.24, 2.45) is 0 Å². The monoisotopic (exact) mass is 1250 g/mol. The summed E-state index contributed by atoms with van der Waals surface area (Å²) >= 11 is 1.66. The van der Waals surface area contributed by atoms with Gasteiger partial charge >= 0.3 is 0 Å². The van der Waals surface area contributed by atoms with Crippen LogP contribution >= 0.6 is 11.8 Å². The van der Waals surface area contributed by atoms with Gasteiger partial charge in [0.25, 0.3) is 0 Å². The lowest BCUT2D eigenvalue weighted by molar-refractivity contribution is 0.286. The Bertz CT molecular complexity index is 3380. The van der Waals surface area contributed by atoms with Crippen LogP contribution in [0.2, 0.25) is 0 Å². The SMILES string of the molecule is CCOc1c2cc(C(C)(C)C)cc1Cc1cc(C(C)(C)C)cc3c1OCc1cc(O)cc(c1SC)COc1c(cc(C(C)(C)C)cc1Cc1cc(C(C)(C)C)cc(c1OCC)Cc1cc(C(C)(C)C)cc(c1OCC)C3)Cc1cc(C(C)(C)C)cc(c1OCC)C2. The van der Waals surface area contributed by atoms with Crippen molar-refractivity contribution in [2.75, 3.05) is 32.7 Å². The fraction of sp³-hybridized carbons (Fsp3) is 0.494. The van der Waals surface area contributed by atoms with E-state index in [4.69, 9.17) is 28.4 Å². The van der Waals surface area contributed by atoms with Gasteiger partial charge in [-0.05, 0) is 179 Å². The van der Waals surface area contributed by atoms with Crippen molar-refractivity contribution in [1.82, 2.24) is 0 Å². The number of ether oxygens (including phenoxy) is 6. The maximum atomic E-state index is 12.0. The van der Waals surface area contributed by atoms with E-state index in [9.17, 15) is 5.11 Å². The first kappa shape index (κ1) is 68.8. The van der Waals surface area contributed by atoms with Gasteiger partial charge in [-0.15, -0.1) is 11.8 Å². The van der Waals surface area contributed by atoms with Gasteiger partial charge in [0.05, 0.1) is 26.4 Å². The number of hydrogen-bond donors (Lipinski definition) is 1. The van der Waals surface area contributed by atoms with Gasteiger partial charge in [-0.3, -0.25) is 0 Å². The highest BCUT2D eigenvalue weighted by Gasteiger charge is 2.32. The van der Waals surface area contributed by atoms with Crippen LogP contribution in [-0.4, -0.2) is 37.8 Å². The molecule has 7 aromatic carbocycles. The van der Waals surface area contributed by atoms with E-state index in [1.165, 1.54) is 33.4 Å². The molecule has 0 radical (unpaired) electrons. The lowest BCUT2D eigenvalue weighted by Gasteiger charge is -2.29. The Labute approximate surface area is 552 Å². The zero-order valence-electron chi connectivity index (χ0n) is 59.9. The van der Waals surface area contributed by atoms with Crippen LogP contribution in [0.5, 0.6) is 40.2 Å². The third kappa shape index (κ3) is 15.4. The summed E-state index contributed by atoms with van der Waals surface area (Å²) in [6.07, 6.45) is 5.42. The molecule has 2 heterocycles. The van der Waals surface area contributed by atoms with Gasteiger partial charge in [0.15, 0.2) is 0 Å². The van der Waals surface area contributed by atoms with Crippen molar-refractivity contribution in [3.05, 3.63) is 196 Å². The van der Waals surface area contributed by atoms with E-state index in [0.717, 1.165) is 117 Å². The minimum absolute atomic E-state index is 0.160. The van der Waals surface area contributed by atoms with E-state index in [0.29, 0.717) is 65.0 Å². The number of hydrogen-bond acceptors (Lipinski definition) is 8. The zero-order valence-corrected chi connectivity index (χ0v) is 60.7. The highest BCUT2D eigenvalue weighted by Crippen LogP contribution is 2.47. The molecule has 0 saturated carbocycles. The van der Waals surface area contributed by atoms with Crippen molar-refractivity contribution >= 4 is 11.8 Å². The second kappa shape index (κ2) is 26.5. The van der Waals surface area contributed by atoms with E-state index in [-0.39, 0.29) is 51.5 Å². The van der Waals surface area contributed by atoms with E-state index < -0.39 is 0 Å². The van der Waals surface area contributed by atoms with Gasteiger partial charge in [0.2, 0.25) is 0 Å². The number of fused-ring (bicyclic) bond motifs is 10. The van der Waals surface area contributed by atoms with Crippen molar-refractivity contribution in [2.45, 2.75) is 241 Å². The third-order valence-corrected chi connectivity index (χ3v) is 19.2. The largest absolute Gasteiger partial charge is 0.508 e. The van der Waals surface area contributed by atoms with Crippen LogP contribution in [0.3, 0.4) is 0 Å². The van der Waals surface area contributed by atoms with Gasteiger partial charge in [-0.2, -0.15) is 0 Å². The summed E-state index contributed by atoms with van der Waals surface area (Å²) in [7, 11) is 0. The number of thioether (sulfide) groups is 1. The van der Waals surface area contributed by atoms with Gasteiger partial charge in [0.1, 0.15) is 53.5 Å².